The molecule has 2 N–H and O–H groups in total. The summed E-state index contributed by atoms with van der Waals surface area (Å²) < 4.78 is 10.2. The number of halogens is 2. The SMILES string of the molecule is COc1ccc(C(=O)[C@@](O)(C#Cc2ccccc2)c2ccc(Cl)cc2)cc1.COc1ccc(C(=O)[C@@](O)(C#Cc2ccccc2)c2ccc(Cl)cc2)cc1. The molecule has 0 fully saturated rings. The van der Waals surface area contributed by atoms with Gasteiger partial charge in [-0.25, -0.2) is 0 Å². The molecule has 0 aliphatic rings. The Morgan fingerprint density at radius 2 is 0.796 bits per heavy atom. The van der Waals surface area contributed by atoms with Crippen LogP contribution >= 0.6 is 23.2 Å². The van der Waals surface area contributed by atoms with Crippen molar-refractivity contribution >= 4 is 34.8 Å². The van der Waals surface area contributed by atoms with Crippen molar-refractivity contribution in [2.45, 2.75) is 11.2 Å². The van der Waals surface area contributed by atoms with Crippen molar-refractivity contribution in [3.8, 4) is 35.2 Å². The molecule has 0 radical (unpaired) electrons. The standard InChI is InChI=1S/2C23H17ClO3/c2*1-27-21-13-7-18(8-14-21)22(25)23(26,19-9-11-20(24)12-10-19)16-15-17-5-3-2-4-6-17/h2*2-14,26H,1H3/t2*23-/m11/s1. The number of hydrogen-bond donors (Lipinski definition) is 2. The molecule has 0 amide bonds. The highest BCUT2D eigenvalue weighted by Gasteiger charge is 2.38. The number of carbonyl (C=O) groups is 2. The molecule has 6 aromatic rings. The fraction of sp³-hybridized carbons (Fsp3) is 0.0870. The van der Waals surface area contributed by atoms with E-state index in [0.29, 0.717) is 54.9 Å². The van der Waals surface area contributed by atoms with E-state index in [1.54, 1.807) is 111 Å². The molecule has 0 aliphatic carbocycles. The molecule has 0 heterocycles. The molecule has 268 valence electrons. The second-order valence-electron chi connectivity index (χ2n) is 11.8. The highest BCUT2D eigenvalue weighted by atomic mass is 35.5. The van der Waals surface area contributed by atoms with Crippen molar-refractivity contribution in [1.29, 1.82) is 0 Å². The van der Waals surface area contributed by atoms with Crippen LogP contribution in [0.3, 0.4) is 0 Å². The number of aliphatic hydroxyl groups is 2. The summed E-state index contributed by atoms with van der Waals surface area (Å²) in [5, 5.41) is 23.6. The summed E-state index contributed by atoms with van der Waals surface area (Å²) in [6.45, 7) is 0. The third-order valence-corrected chi connectivity index (χ3v) is 8.71. The zero-order valence-corrected chi connectivity index (χ0v) is 30.8. The summed E-state index contributed by atoms with van der Waals surface area (Å²) in [5.74, 6) is 11.5. The lowest BCUT2D eigenvalue weighted by molar-refractivity contribution is 0.0552. The van der Waals surface area contributed by atoms with Crippen molar-refractivity contribution in [1.82, 2.24) is 0 Å². The third kappa shape index (κ3) is 9.65. The lowest BCUT2D eigenvalue weighted by Gasteiger charge is -2.21. The summed E-state index contributed by atoms with van der Waals surface area (Å²) in [6, 6.07) is 44.3. The number of methoxy groups -OCH3 is 2. The topological polar surface area (TPSA) is 93.1 Å². The Hall–Kier alpha value is -6.12. The van der Waals surface area contributed by atoms with Gasteiger partial charge in [-0.1, -0.05) is 95.7 Å². The summed E-state index contributed by atoms with van der Waals surface area (Å²) in [7, 11) is 3.10. The Morgan fingerprint density at radius 3 is 1.09 bits per heavy atom. The normalized spacial score (nSPS) is 12.4. The van der Waals surface area contributed by atoms with Gasteiger partial charge in [0.15, 0.2) is 0 Å². The first-order chi connectivity index (χ1) is 26.1. The fourth-order valence-electron chi connectivity index (χ4n) is 5.17. The van der Waals surface area contributed by atoms with Crippen LogP contribution in [0, 0.1) is 23.7 Å². The van der Waals surface area contributed by atoms with E-state index in [1.807, 2.05) is 60.7 Å². The zero-order chi connectivity index (χ0) is 38.6. The Labute approximate surface area is 324 Å². The van der Waals surface area contributed by atoms with Gasteiger partial charge in [0.2, 0.25) is 22.8 Å². The summed E-state index contributed by atoms with van der Waals surface area (Å²) in [4.78, 5) is 26.3. The van der Waals surface area contributed by atoms with E-state index in [0.717, 1.165) is 0 Å². The van der Waals surface area contributed by atoms with Gasteiger partial charge in [-0.05, 0) is 109 Å². The Kier molecular flexibility index (Phi) is 13.1. The molecule has 0 aliphatic heterocycles. The van der Waals surface area contributed by atoms with Gasteiger partial charge in [-0.15, -0.1) is 0 Å². The molecular weight excluding hydrogens is 719 g/mol. The lowest BCUT2D eigenvalue weighted by atomic mass is 9.86. The van der Waals surface area contributed by atoms with Crippen LogP contribution in [-0.4, -0.2) is 36.0 Å². The quantitative estimate of drug-likeness (QED) is 0.119. The molecule has 0 saturated carbocycles. The van der Waals surface area contributed by atoms with Crippen LogP contribution < -0.4 is 9.47 Å². The van der Waals surface area contributed by atoms with Gasteiger partial charge < -0.3 is 19.7 Å². The van der Waals surface area contributed by atoms with Crippen LogP contribution in [-0.2, 0) is 11.2 Å². The number of rotatable bonds is 8. The van der Waals surface area contributed by atoms with E-state index in [1.165, 1.54) is 0 Å². The van der Waals surface area contributed by atoms with Gasteiger partial charge in [0, 0.05) is 43.4 Å². The molecule has 0 unspecified atom stereocenters. The van der Waals surface area contributed by atoms with Crippen LogP contribution in [0.5, 0.6) is 11.5 Å². The van der Waals surface area contributed by atoms with Gasteiger partial charge in [-0.2, -0.15) is 0 Å². The first kappa shape index (κ1) is 39.1. The molecule has 6 aromatic carbocycles. The van der Waals surface area contributed by atoms with E-state index >= 15 is 0 Å². The maximum Gasteiger partial charge on any atom is 0.215 e. The Bertz CT molecular complexity index is 2140. The van der Waals surface area contributed by atoms with Crippen LogP contribution in [0.25, 0.3) is 0 Å². The number of ether oxygens (including phenoxy) is 2. The molecule has 0 saturated heterocycles. The van der Waals surface area contributed by atoms with Crippen molar-refractivity contribution in [2.75, 3.05) is 14.2 Å². The van der Waals surface area contributed by atoms with Gasteiger partial charge >= 0.3 is 0 Å². The molecule has 0 bridgehead atoms. The molecule has 2 atom stereocenters. The van der Waals surface area contributed by atoms with Gasteiger partial charge in [0.1, 0.15) is 11.5 Å². The smallest absolute Gasteiger partial charge is 0.215 e. The summed E-state index contributed by atoms with van der Waals surface area (Å²) >= 11 is 11.9. The lowest BCUT2D eigenvalue weighted by Crippen LogP contribution is -2.34. The van der Waals surface area contributed by atoms with Crippen molar-refractivity contribution < 1.29 is 29.3 Å². The molecule has 0 aromatic heterocycles. The summed E-state index contributed by atoms with van der Waals surface area (Å²) in [6.07, 6.45) is 0. The highest BCUT2D eigenvalue weighted by Crippen LogP contribution is 2.29. The monoisotopic (exact) mass is 752 g/mol. The average Bonchev–Trinajstić information content (AvgIpc) is 3.23. The number of carbonyl (C=O) groups excluding carboxylic acids is 2. The molecule has 8 heteroatoms. The van der Waals surface area contributed by atoms with Gasteiger partial charge in [0.05, 0.1) is 14.2 Å². The first-order valence-electron chi connectivity index (χ1n) is 16.6. The minimum atomic E-state index is -2.00. The van der Waals surface area contributed by atoms with Crippen LogP contribution in [0.2, 0.25) is 10.0 Å². The molecule has 54 heavy (non-hydrogen) atoms. The largest absolute Gasteiger partial charge is 0.497 e. The summed E-state index contributed by atoms with van der Waals surface area (Å²) in [5.41, 5.74) is -1.23. The highest BCUT2D eigenvalue weighted by molar-refractivity contribution is 6.30. The minimum absolute atomic E-state index is 0.329. The van der Waals surface area contributed by atoms with E-state index in [4.69, 9.17) is 32.7 Å². The van der Waals surface area contributed by atoms with Crippen molar-refractivity contribution in [3.05, 3.63) is 201 Å². The first-order valence-corrected chi connectivity index (χ1v) is 17.3. The molecule has 6 rings (SSSR count). The predicted octanol–water partition coefficient (Wildman–Crippen LogP) is 8.94. The molecular formula is C46H34Cl2O6. The number of ketones is 2. The maximum absolute atomic E-state index is 13.1. The predicted molar refractivity (Wildman–Crippen MR) is 212 cm³/mol. The second-order valence-corrected chi connectivity index (χ2v) is 12.7. The van der Waals surface area contributed by atoms with E-state index < -0.39 is 22.8 Å². The van der Waals surface area contributed by atoms with Gasteiger partial charge in [-0.3, -0.25) is 9.59 Å². The Morgan fingerprint density at radius 1 is 0.481 bits per heavy atom. The van der Waals surface area contributed by atoms with E-state index in [-0.39, 0.29) is 0 Å². The maximum atomic E-state index is 13.1. The fourth-order valence-corrected chi connectivity index (χ4v) is 5.42. The number of hydrogen-bond acceptors (Lipinski definition) is 6. The average molecular weight is 754 g/mol. The molecule has 6 nitrogen and oxygen atoms in total. The van der Waals surface area contributed by atoms with Crippen LogP contribution in [0.1, 0.15) is 43.0 Å². The van der Waals surface area contributed by atoms with E-state index in [9.17, 15) is 19.8 Å². The third-order valence-electron chi connectivity index (χ3n) is 8.21. The van der Waals surface area contributed by atoms with Crippen LogP contribution in [0.4, 0.5) is 0 Å². The van der Waals surface area contributed by atoms with Gasteiger partial charge in [0.25, 0.3) is 0 Å². The number of benzene rings is 6. The second kappa shape index (κ2) is 18.1. The number of Topliss-reactive ketones (excluding diaryl/α,β-unsaturated/α-hetero) is 2. The van der Waals surface area contributed by atoms with Crippen LogP contribution in [0.15, 0.2) is 158 Å². The zero-order valence-electron chi connectivity index (χ0n) is 29.3. The minimum Gasteiger partial charge on any atom is -0.497 e. The van der Waals surface area contributed by atoms with E-state index in [2.05, 4.69) is 23.7 Å². The van der Waals surface area contributed by atoms with Crippen molar-refractivity contribution in [3.63, 3.8) is 0 Å². The Balaban J connectivity index is 0.000000208. The van der Waals surface area contributed by atoms with Crippen molar-refractivity contribution in [2.24, 2.45) is 0 Å². The molecule has 0 spiro atoms.